The number of carbonyl (C=O) groups is 2. The number of piperidine rings is 1. The number of carbonyl (C=O) groups excluding carboxylic acids is 2. The number of benzene rings is 1. The molecule has 8 nitrogen and oxygen atoms in total. The van der Waals surface area contributed by atoms with Crippen LogP contribution in [0, 0.1) is 5.92 Å². The molecule has 0 saturated carbocycles. The van der Waals surface area contributed by atoms with Crippen LogP contribution in [0.3, 0.4) is 0 Å². The highest BCUT2D eigenvalue weighted by Gasteiger charge is 2.26. The lowest BCUT2D eigenvalue weighted by atomic mass is 9.97. The minimum atomic E-state index is -0.294. The number of rotatable bonds is 5. The summed E-state index contributed by atoms with van der Waals surface area (Å²) in [5.74, 6) is 0.701. The van der Waals surface area contributed by atoms with E-state index in [9.17, 15) is 9.59 Å². The van der Waals surface area contributed by atoms with Gasteiger partial charge >= 0.3 is 0 Å². The Kier molecular flexibility index (Phi) is 6.51. The molecule has 0 radical (unpaired) electrons. The first kappa shape index (κ1) is 20.9. The lowest BCUT2D eigenvalue weighted by Gasteiger charge is -2.32. The highest BCUT2D eigenvalue weighted by atomic mass is 79.9. The van der Waals surface area contributed by atoms with Crippen molar-refractivity contribution in [1.29, 1.82) is 0 Å². The Labute approximate surface area is 188 Å². The van der Waals surface area contributed by atoms with E-state index >= 15 is 0 Å². The highest BCUT2D eigenvalue weighted by molar-refractivity contribution is 9.10. The second-order valence-corrected chi connectivity index (χ2v) is 8.15. The second-order valence-electron chi connectivity index (χ2n) is 7.23. The number of nitrogens with one attached hydrogen (secondary N) is 2. The second kappa shape index (κ2) is 9.65. The summed E-state index contributed by atoms with van der Waals surface area (Å²) >= 11 is 3.31. The predicted octanol–water partition coefficient (Wildman–Crippen LogP) is 3.74. The molecule has 2 amide bonds. The number of aromatic nitrogens is 3. The van der Waals surface area contributed by atoms with Crippen LogP contribution in [-0.4, -0.2) is 39.9 Å². The van der Waals surface area contributed by atoms with Crippen molar-refractivity contribution in [2.24, 2.45) is 5.92 Å². The fourth-order valence-electron chi connectivity index (χ4n) is 3.47. The van der Waals surface area contributed by atoms with Crippen molar-refractivity contribution >= 4 is 45.1 Å². The van der Waals surface area contributed by atoms with E-state index in [1.807, 2.05) is 0 Å². The van der Waals surface area contributed by atoms with Gasteiger partial charge in [-0.15, -0.1) is 0 Å². The third-order valence-electron chi connectivity index (χ3n) is 5.03. The molecule has 1 atom stereocenters. The summed E-state index contributed by atoms with van der Waals surface area (Å²) in [6.07, 6.45) is 8.31. The van der Waals surface area contributed by atoms with Crippen LogP contribution in [0.25, 0.3) is 0 Å². The number of pyridine rings is 1. The molecule has 158 valence electrons. The molecule has 0 bridgehead atoms. The molecule has 1 saturated heterocycles. The Balaban J connectivity index is 1.39. The molecule has 1 aliphatic heterocycles. The van der Waals surface area contributed by atoms with E-state index in [4.69, 9.17) is 0 Å². The first-order valence-electron chi connectivity index (χ1n) is 9.93. The summed E-state index contributed by atoms with van der Waals surface area (Å²) in [5, 5.41) is 5.70. The molecule has 1 aliphatic rings. The summed E-state index contributed by atoms with van der Waals surface area (Å²) in [7, 11) is 0. The smallest absolute Gasteiger partial charge is 0.256 e. The quantitative estimate of drug-likeness (QED) is 0.576. The molecular weight excluding hydrogens is 460 g/mol. The minimum Gasteiger partial charge on any atom is -0.355 e. The first-order chi connectivity index (χ1) is 15.1. The summed E-state index contributed by atoms with van der Waals surface area (Å²) in [6.45, 7) is 1.43. The Hall–Kier alpha value is -3.33. The monoisotopic (exact) mass is 480 g/mol. The Morgan fingerprint density at radius 3 is 2.74 bits per heavy atom. The number of halogens is 1. The third kappa shape index (κ3) is 5.43. The van der Waals surface area contributed by atoms with Gasteiger partial charge in [-0.1, -0.05) is 6.07 Å². The van der Waals surface area contributed by atoms with Crippen LogP contribution in [0.15, 0.2) is 65.7 Å². The maximum Gasteiger partial charge on any atom is 0.256 e. The summed E-state index contributed by atoms with van der Waals surface area (Å²) in [6, 6.07) is 10.4. The molecule has 0 aliphatic carbocycles. The fraction of sp³-hybridized carbons (Fsp3) is 0.227. The number of nitrogens with zero attached hydrogens (tertiary/aromatic N) is 4. The van der Waals surface area contributed by atoms with E-state index in [1.54, 1.807) is 61.2 Å². The molecule has 4 rings (SSSR count). The Morgan fingerprint density at radius 2 is 1.97 bits per heavy atom. The summed E-state index contributed by atoms with van der Waals surface area (Å²) in [5.41, 5.74) is 1.02. The first-order valence-corrected chi connectivity index (χ1v) is 10.7. The van der Waals surface area contributed by atoms with E-state index < -0.39 is 0 Å². The molecule has 9 heteroatoms. The van der Waals surface area contributed by atoms with Crippen molar-refractivity contribution in [3.63, 3.8) is 0 Å². The van der Waals surface area contributed by atoms with Crippen molar-refractivity contribution in [2.45, 2.75) is 12.8 Å². The number of anilines is 3. The van der Waals surface area contributed by atoms with E-state index in [0.29, 0.717) is 23.6 Å². The van der Waals surface area contributed by atoms with Crippen LogP contribution >= 0.6 is 15.9 Å². The molecule has 1 unspecified atom stereocenters. The normalized spacial score (nSPS) is 15.9. The zero-order chi connectivity index (χ0) is 21.6. The average molecular weight is 481 g/mol. The van der Waals surface area contributed by atoms with E-state index in [1.165, 1.54) is 0 Å². The topological polar surface area (TPSA) is 100 Å². The van der Waals surface area contributed by atoms with Crippen molar-refractivity contribution in [3.05, 3.63) is 71.2 Å². The van der Waals surface area contributed by atoms with Crippen LogP contribution in [0.2, 0.25) is 0 Å². The van der Waals surface area contributed by atoms with E-state index in [-0.39, 0.29) is 17.7 Å². The van der Waals surface area contributed by atoms with Gasteiger partial charge in [-0.25, -0.2) is 9.97 Å². The van der Waals surface area contributed by atoms with Gasteiger partial charge in [-0.05, 0) is 59.1 Å². The standard InChI is InChI=1S/C22H21BrN6O2/c23-17-6-7-19(26-12-17)28-21(30)15-3-1-5-18(11-15)27-22(31)16-4-2-10-29(14-16)20-13-24-8-9-25-20/h1,3,5-9,11-13,16H,2,4,10,14H2,(H,27,31)(H,26,28,30). The molecule has 2 N–H and O–H groups in total. The van der Waals surface area contributed by atoms with Gasteiger partial charge in [-0.2, -0.15) is 0 Å². The Morgan fingerprint density at radius 1 is 1.06 bits per heavy atom. The number of amides is 2. The minimum absolute atomic E-state index is 0.0688. The van der Waals surface area contributed by atoms with Crippen LogP contribution in [0.5, 0.6) is 0 Å². The summed E-state index contributed by atoms with van der Waals surface area (Å²) in [4.78, 5) is 40.1. The highest BCUT2D eigenvalue weighted by Crippen LogP contribution is 2.23. The molecule has 3 aromatic rings. The van der Waals surface area contributed by atoms with Crippen LogP contribution < -0.4 is 15.5 Å². The SMILES string of the molecule is O=C(Nc1ccc(Br)cn1)c1cccc(NC(=O)C2CCCN(c3cnccn3)C2)c1. The molecule has 2 aromatic heterocycles. The average Bonchev–Trinajstić information content (AvgIpc) is 2.81. The van der Waals surface area contributed by atoms with Crippen molar-refractivity contribution < 1.29 is 9.59 Å². The van der Waals surface area contributed by atoms with Gasteiger partial charge < -0.3 is 15.5 Å². The third-order valence-corrected chi connectivity index (χ3v) is 5.50. The van der Waals surface area contributed by atoms with Gasteiger partial charge in [0.25, 0.3) is 5.91 Å². The fourth-order valence-corrected chi connectivity index (χ4v) is 3.71. The largest absolute Gasteiger partial charge is 0.355 e. The maximum atomic E-state index is 12.9. The zero-order valence-corrected chi connectivity index (χ0v) is 18.2. The molecule has 31 heavy (non-hydrogen) atoms. The van der Waals surface area contributed by atoms with E-state index in [0.717, 1.165) is 29.7 Å². The number of hydrogen-bond donors (Lipinski definition) is 2. The van der Waals surface area contributed by atoms with Crippen molar-refractivity contribution in [3.8, 4) is 0 Å². The van der Waals surface area contributed by atoms with Crippen molar-refractivity contribution in [1.82, 2.24) is 15.0 Å². The van der Waals surface area contributed by atoms with Crippen LogP contribution in [0.1, 0.15) is 23.2 Å². The maximum absolute atomic E-state index is 12.9. The lowest BCUT2D eigenvalue weighted by molar-refractivity contribution is -0.120. The predicted molar refractivity (Wildman–Crippen MR) is 122 cm³/mol. The molecule has 1 fully saturated rings. The zero-order valence-electron chi connectivity index (χ0n) is 16.7. The van der Waals surface area contributed by atoms with Gasteiger partial charge in [0, 0.05) is 47.4 Å². The van der Waals surface area contributed by atoms with Gasteiger partial charge in [0.2, 0.25) is 5.91 Å². The number of hydrogen-bond acceptors (Lipinski definition) is 6. The van der Waals surface area contributed by atoms with Crippen LogP contribution in [-0.2, 0) is 4.79 Å². The molecule has 0 spiro atoms. The van der Waals surface area contributed by atoms with Gasteiger partial charge in [-0.3, -0.25) is 14.6 Å². The Bertz CT molecular complexity index is 1060. The molecule has 1 aromatic carbocycles. The van der Waals surface area contributed by atoms with Gasteiger partial charge in [0.15, 0.2) is 0 Å². The van der Waals surface area contributed by atoms with E-state index in [2.05, 4.69) is 46.4 Å². The molecule has 3 heterocycles. The summed E-state index contributed by atoms with van der Waals surface area (Å²) < 4.78 is 0.829. The van der Waals surface area contributed by atoms with Gasteiger partial charge in [0.05, 0.1) is 12.1 Å². The molecular formula is C22H21BrN6O2. The van der Waals surface area contributed by atoms with Crippen LogP contribution in [0.4, 0.5) is 17.3 Å². The lowest BCUT2D eigenvalue weighted by Crippen LogP contribution is -2.41. The van der Waals surface area contributed by atoms with Crippen molar-refractivity contribution in [2.75, 3.05) is 28.6 Å². The van der Waals surface area contributed by atoms with Gasteiger partial charge in [0.1, 0.15) is 11.6 Å².